The summed E-state index contributed by atoms with van der Waals surface area (Å²) in [6, 6.07) is 9.76. The monoisotopic (exact) mass is 369 g/mol. The molecule has 0 radical (unpaired) electrons. The number of benzene rings is 1. The zero-order valence-corrected chi connectivity index (χ0v) is 15.0. The molecule has 4 fully saturated rings. The number of hydrogen-bond acceptors (Lipinski definition) is 5. The standard InChI is InChI=1S/C20H23N3O4/c21-13-9-22(8-12(13)11-4-2-1-3-5-11)16(24)10-23-19(25)17-14-6-7-15(27-14)18(17)20(23)26/h1-5,12-15,17-18H,6-10,21H2/t12-,13+,14?,15?,17?,18?/m0/s1. The average molecular weight is 369 g/mol. The summed E-state index contributed by atoms with van der Waals surface area (Å²) < 4.78 is 5.73. The number of carbonyl (C=O) groups excluding carboxylic acids is 3. The fraction of sp³-hybridized carbons (Fsp3) is 0.550. The Morgan fingerprint density at radius 2 is 1.67 bits per heavy atom. The highest BCUT2D eigenvalue weighted by Gasteiger charge is 2.62. The molecule has 0 aliphatic carbocycles. The summed E-state index contributed by atoms with van der Waals surface area (Å²) in [5, 5.41) is 0. The van der Waals surface area contributed by atoms with Crippen LogP contribution in [0.1, 0.15) is 24.3 Å². The number of hydrogen-bond donors (Lipinski definition) is 1. The first-order chi connectivity index (χ1) is 13.0. The van der Waals surface area contributed by atoms with Crippen molar-refractivity contribution in [2.45, 2.75) is 37.0 Å². The number of imide groups is 1. The Balaban J connectivity index is 1.27. The Bertz CT molecular complexity index is 770. The van der Waals surface area contributed by atoms with Crippen molar-refractivity contribution in [2.24, 2.45) is 17.6 Å². The van der Waals surface area contributed by atoms with Crippen molar-refractivity contribution in [3.8, 4) is 0 Å². The highest BCUT2D eigenvalue weighted by atomic mass is 16.5. The maximum absolute atomic E-state index is 12.8. The van der Waals surface area contributed by atoms with Crippen LogP contribution in [-0.2, 0) is 19.1 Å². The van der Waals surface area contributed by atoms with Gasteiger partial charge in [0.15, 0.2) is 0 Å². The molecule has 1 aromatic carbocycles. The van der Waals surface area contributed by atoms with E-state index in [0.717, 1.165) is 23.3 Å². The second kappa shape index (κ2) is 6.14. The average Bonchev–Trinajstić information content (AvgIpc) is 3.43. The summed E-state index contributed by atoms with van der Waals surface area (Å²) in [5.74, 6) is -1.39. The highest BCUT2D eigenvalue weighted by Crippen LogP contribution is 2.48. The SMILES string of the molecule is N[C@@H]1CN(C(=O)CN2C(=O)C3C4CCC(O4)C3C2=O)C[C@H]1c1ccccc1. The third kappa shape index (κ3) is 2.52. The molecule has 4 saturated heterocycles. The van der Waals surface area contributed by atoms with E-state index < -0.39 is 0 Å². The smallest absolute Gasteiger partial charge is 0.242 e. The number of amides is 3. The molecule has 0 spiro atoms. The van der Waals surface area contributed by atoms with Gasteiger partial charge in [0.2, 0.25) is 17.7 Å². The summed E-state index contributed by atoms with van der Waals surface area (Å²) in [4.78, 5) is 41.1. The summed E-state index contributed by atoms with van der Waals surface area (Å²) >= 11 is 0. The van der Waals surface area contributed by atoms with Gasteiger partial charge >= 0.3 is 0 Å². The zero-order chi connectivity index (χ0) is 18.7. The van der Waals surface area contributed by atoms with Crippen LogP contribution in [0.5, 0.6) is 0 Å². The van der Waals surface area contributed by atoms with Crippen LogP contribution in [0, 0.1) is 11.8 Å². The molecule has 4 heterocycles. The molecule has 6 atom stereocenters. The van der Waals surface area contributed by atoms with Gasteiger partial charge in [0.25, 0.3) is 0 Å². The first-order valence-corrected chi connectivity index (χ1v) is 9.63. The molecule has 4 aliphatic heterocycles. The fourth-order valence-corrected chi connectivity index (χ4v) is 5.25. The molecule has 0 saturated carbocycles. The van der Waals surface area contributed by atoms with Crippen molar-refractivity contribution in [3.63, 3.8) is 0 Å². The molecular weight excluding hydrogens is 346 g/mol. The molecule has 3 amide bonds. The van der Waals surface area contributed by atoms with Gasteiger partial charge in [-0.1, -0.05) is 30.3 Å². The summed E-state index contributed by atoms with van der Waals surface area (Å²) in [5.41, 5.74) is 7.37. The third-order valence-electron chi connectivity index (χ3n) is 6.61. The Labute approximate surface area is 157 Å². The van der Waals surface area contributed by atoms with E-state index in [1.54, 1.807) is 4.90 Å². The van der Waals surface area contributed by atoms with E-state index in [9.17, 15) is 14.4 Å². The molecule has 2 bridgehead atoms. The predicted molar refractivity (Wildman–Crippen MR) is 95.3 cm³/mol. The topological polar surface area (TPSA) is 92.9 Å². The largest absolute Gasteiger partial charge is 0.373 e. The lowest BCUT2D eigenvalue weighted by atomic mass is 9.81. The van der Waals surface area contributed by atoms with Crippen LogP contribution in [0.3, 0.4) is 0 Å². The van der Waals surface area contributed by atoms with Crippen LogP contribution in [0.25, 0.3) is 0 Å². The number of fused-ring (bicyclic) bond motifs is 5. The number of carbonyl (C=O) groups is 3. The first kappa shape index (κ1) is 16.9. The molecule has 142 valence electrons. The Morgan fingerprint density at radius 1 is 1.04 bits per heavy atom. The van der Waals surface area contributed by atoms with Crippen LogP contribution in [0.2, 0.25) is 0 Å². The second-order valence-corrected chi connectivity index (χ2v) is 8.08. The van der Waals surface area contributed by atoms with Gasteiger partial charge in [-0.25, -0.2) is 0 Å². The normalized spacial score (nSPS) is 37.4. The molecule has 5 rings (SSSR count). The van der Waals surface area contributed by atoms with Crippen LogP contribution in [-0.4, -0.2) is 65.4 Å². The quantitative estimate of drug-likeness (QED) is 0.763. The number of ether oxygens (including phenoxy) is 1. The number of rotatable bonds is 3. The first-order valence-electron chi connectivity index (χ1n) is 9.63. The van der Waals surface area contributed by atoms with Crippen molar-refractivity contribution in [1.29, 1.82) is 0 Å². The van der Waals surface area contributed by atoms with Crippen molar-refractivity contribution >= 4 is 17.7 Å². The van der Waals surface area contributed by atoms with Gasteiger partial charge in [-0.15, -0.1) is 0 Å². The second-order valence-electron chi connectivity index (χ2n) is 8.08. The van der Waals surface area contributed by atoms with E-state index in [4.69, 9.17) is 10.5 Å². The molecule has 4 unspecified atom stereocenters. The highest BCUT2D eigenvalue weighted by molar-refractivity contribution is 6.08. The Morgan fingerprint density at radius 3 is 2.30 bits per heavy atom. The van der Waals surface area contributed by atoms with Gasteiger partial charge in [-0.05, 0) is 18.4 Å². The lowest BCUT2D eigenvalue weighted by Crippen LogP contribution is -2.44. The van der Waals surface area contributed by atoms with E-state index in [2.05, 4.69) is 0 Å². The molecule has 7 nitrogen and oxygen atoms in total. The zero-order valence-electron chi connectivity index (χ0n) is 15.0. The summed E-state index contributed by atoms with van der Waals surface area (Å²) in [6.45, 7) is 0.773. The van der Waals surface area contributed by atoms with Crippen LogP contribution >= 0.6 is 0 Å². The molecular formula is C20H23N3O4. The van der Waals surface area contributed by atoms with Crippen LogP contribution < -0.4 is 5.73 Å². The molecule has 4 aliphatic rings. The van der Waals surface area contributed by atoms with E-state index in [-0.39, 0.29) is 60.3 Å². The lowest BCUT2D eigenvalue weighted by Gasteiger charge is -2.21. The fourth-order valence-electron chi connectivity index (χ4n) is 5.25. The van der Waals surface area contributed by atoms with E-state index in [0.29, 0.717) is 13.1 Å². The van der Waals surface area contributed by atoms with E-state index >= 15 is 0 Å². The van der Waals surface area contributed by atoms with Crippen molar-refractivity contribution < 1.29 is 19.1 Å². The molecule has 7 heteroatoms. The Kier molecular flexibility index (Phi) is 3.84. The third-order valence-corrected chi connectivity index (χ3v) is 6.61. The van der Waals surface area contributed by atoms with Crippen LogP contribution in [0.15, 0.2) is 30.3 Å². The van der Waals surface area contributed by atoms with Crippen LogP contribution in [0.4, 0.5) is 0 Å². The summed E-state index contributed by atoms with van der Waals surface area (Å²) in [7, 11) is 0. The number of likely N-dealkylation sites (tertiary alicyclic amines) is 2. The van der Waals surface area contributed by atoms with Crippen molar-refractivity contribution in [1.82, 2.24) is 9.80 Å². The summed E-state index contributed by atoms with van der Waals surface area (Å²) in [6.07, 6.45) is 1.34. The minimum atomic E-state index is -0.387. The van der Waals surface area contributed by atoms with E-state index in [1.807, 2.05) is 30.3 Å². The van der Waals surface area contributed by atoms with Gasteiger partial charge in [0, 0.05) is 25.0 Å². The Hall–Kier alpha value is -2.25. The molecule has 0 aromatic heterocycles. The number of nitrogens with two attached hydrogens (primary N) is 1. The van der Waals surface area contributed by atoms with Gasteiger partial charge in [0.1, 0.15) is 6.54 Å². The van der Waals surface area contributed by atoms with Gasteiger partial charge in [-0.2, -0.15) is 0 Å². The maximum Gasteiger partial charge on any atom is 0.242 e. The molecule has 1 aromatic rings. The lowest BCUT2D eigenvalue weighted by molar-refractivity contribution is -0.148. The number of nitrogens with zero attached hydrogens (tertiary/aromatic N) is 2. The minimum Gasteiger partial charge on any atom is -0.373 e. The van der Waals surface area contributed by atoms with Crippen molar-refractivity contribution in [3.05, 3.63) is 35.9 Å². The maximum atomic E-state index is 12.8. The predicted octanol–water partition coefficient (Wildman–Crippen LogP) is 0.102. The van der Waals surface area contributed by atoms with E-state index in [1.165, 1.54) is 0 Å². The van der Waals surface area contributed by atoms with Gasteiger partial charge in [0.05, 0.1) is 24.0 Å². The molecule has 2 N–H and O–H groups in total. The van der Waals surface area contributed by atoms with Gasteiger partial charge < -0.3 is 15.4 Å². The minimum absolute atomic E-state index is 0.0729. The van der Waals surface area contributed by atoms with Gasteiger partial charge in [-0.3, -0.25) is 19.3 Å². The molecule has 27 heavy (non-hydrogen) atoms. The van der Waals surface area contributed by atoms with Crippen molar-refractivity contribution in [2.75, 3.05) is 19.6 Å².